The molecule has 0 aliphatic carbocycles. The number of anilines is 1. The van der Waals surface area contributed by atoms with Crippen LogP contribution in [-0.4, -0.2) is 28.5 Å². The first-order valence-corrected chi connectivity index (χ1v) is 6.62. The Morgan fingerprint density at radius 2 is 2.35 bits per heavy atom. The molecule has 7 heteroatoms. The summed E-state index contributed by atoms with van der Waals surface area (Å²) < 4.78 is 5.67. The van der Waals surface area contributed by atoms with Crippen molar-refractivity contribution in [3.05, 3.63) is 28.3 Å². The number of piperidine rings is 1. The average Bonchev–Trinajstić information content (AvgIpc) is 2.80. The second-order valence-electron chi connectivity index (χ2n) is 5.23. The highest BCUT2D eigenvalue weighted by atomic mass is 16.6. The van der Waals surface area contributed by atoms with Gasteiger partial charge in [-0.1, -0.05) is 0 Å². The number of hydrogen-bond donors (Lipinski definition) is 1. The van der Waals surface area contributed by atoms with Gasteiger partial charge in [0.05, 0.1) is 11.0 Å². The Kier molecular flexibility index (Phi) is 3.06. The van der Waals surface area contributed by atoms with Crippen LogP contribution in [0.2, 0.25) is 0 Å². The molecular formula is C13H16N4O3. The summed E-state index contributed by atoms with van der Waals surface area (Å²) in [5.41, 5.74) is 7.02. The van der Waals surface area contributed by atoms with Crippen molar-refractivity contribution in [2.75, 3.05) is 11.4 Å². The lowest BCUT2D eigenvalue weighted by molar-refractivity contribution is -0.384. The van der Waals surface area contributed by atoms with E-state index in [2.05, 4.69) is 16.8 Å². The van der Waals surface area contributed by atoms with Crippen molar-refractivity contribution in [3.8, 4) is 0 Å². The van der Waals surface area contributed by atoms with Crippen molar-refractivity contribution in [2.45, 2.75) is 31.8 Å². The van der Waals surface area contributed by atoms with Crippen LogP contribution in [0.15, 0.2) is 22.6 Å². The number of non-ortho nitro benzene ring substituents is 1. The van der Waals surface area contributed by atoms with E-state index in [9.17, 15) is 10.1 Å². The zero-order chi connectivity index (χ0) is 14.3. The predicted molar refractivity (Wildman–Crippen MR) is 74.7 cm³/mol. The fraction of sp³-hybridized carbons (Fsp3) is 0.462. The molecule has 3 rings (SSSR count). The fourth-order valence-electron chi connectivity index (χ4n) is 2.63. The number of nitrogens with two attached hydrogens (primary N) is 1. The molecule has 0 bridgehead atoms. The molecule has 1 aliphatic rings. The van der Waals surface area contributed by atoms with Crippen LogP contribution in [0.4, 0.5) is 11.7 Å². The van der Waals surface area contributed by atoms with Gasteiger partial charge in [0.15, 0.2) is 5.58 Å². The second kappa shape index (κ2) is 4.75. The Labute approximate surface area is 115 Å². The summed E-state index contributed by atoms with van der Waals surface area (Å²) in [6.07, 6.45) is 1.78. The third-order valence-electron chi connectivity index (χ3n) is 3.73. The highest BCUT2D eigenvalue weighted by Gasteiger charge is 2.27. The number of nitrogens with zero attached hydrogens (tertiary/aromatic N) is 3. The summed E-state index contributed by atoms with van der Waals surface area (Å²) in [4.78, 5) is 16.8. The van der Waals surface area contributed by atoms with Crippen molar-refractivity contribution in [1.29, 1.82) is 0 Å². The molecule has 0 radical (unpaired) electrons. The van der Waals surface area contributed by atoms with Crippen LogP contribution >= 0.6 is 0 Å². The van der Waals surface area contributed by atoms with Crippen molar-refractivity contribution < 1.29 is 9.34 Å². The lowest BCUT2D eigenvalue weighted by Crippen LogP contribution is -2.45. The van der Waals surface area contributed by atoms with E-state index in [1.54, 1.807) is 6.07 Å². The molecule has 1 aliphatic heterocycles. The van der Waals surface area contributed by atoms with Crippen LogP contribution in [0.5, 0.6) is 0 Å². The minimum Gasteiger partial charge on any atom is -0.423 e. The molecule has 1 saturated heterocycles. The van der Waals surface area contributed by atoms with Crippen LogP contribution < -0.4 is 10.6 Å². The molecule has 1 aromatic carbocycles. The predicted octanol–water partition coefficient (Wildman–Crippen LogP) is 2.05. The van der Waals surface area contributed by atoms with Gasteiger partial charge in [0.25, 0.3) is 11.7 Å². The largest absolute Gasteiger partial charge is 0.423 e. The number of benzene rings is 1. The molecule has 1 aromatic heterocycles. The maximum Gasteiger partial charge on any atom is 0.298 e. The average molecular weight is 276 g/mol. The Bertz CT molecular complexity index is 654. The van der Waals surface area contributed by atoms with Gasteiger partial charge in [-0.05, 0) is 25.8 Å². The number of aromatic nitrogens is 1. The van der Waals surface area contributed by atoms with E-state index < -0.39 is 4.92 Å². The molecule has 0 amide bonds. The van der Waals surface area contributed by atoms with Crippen molar-refractivity contribution >= 4 is 22.8 Å². The molecule has 0 saturated carbocycles. The number of nitro groups is 1. The zero-order valence-corrected chi connectivity index (χ0v) is 11.2. The first-order chi connectivity index (χ1) is 9.54. The Morgan fingerprint density at radius 3 is 3.05 bits per heavy atom. The molecule has 0 spiro atoms. The highest BCUT2D eigenvalue weighted by Crippen LogP contribution is 2.29. The first kappa shape index (κ1) is 12.9. The number of rotatable bonds is 2. The van der Waals surface area contributed by atoms with Crippen LogP contribution in [0, 0.1) is 10.1 Å². The van der Waals surface area contributed by atoms with Crippen LogP contribution in [0.1, 0.15) is 19.8 Å². The summed E-state index contributed by atoms with van der Waals surface area (Å²) >= 11 is 0. The van der Waals surface area contributed by atoms with Crippen molar-refractivity contribution in [1.82, 2.24) is 4.98 Å². The van der Waals surface area contributed by atoms with Gasteiger partial charge >= 0.3 is 0 Å². The van der Waals surface area contributed by atoms with E-state index in [0.29, 0.717) is 17.1 Å². The number of nitro benzene ring substituents is 1. The van der Waals surface area contributed by atoms with E-state index in [0.717, 1.165) is 19.4 Å². The van der Waals surface area contributed by atoms with Crippen LogP contribution in [0.25, 0.3) is 11.1 Å². The molecule has 1 fully saturated rings. The number of fused-ring (bicyclic) bond motifs is 1. The lowest BCUT2D eigenvalue weighted by Gasteiger charge is -2.35. The van der Waals surface area contributed by atoms with Gasteiger partial charge in [-0.2, -0.15) is 4.98 Å². The van der Waals surface area contributed by atoms with Crippen molar-refractivity contribution in [3.63, 3.8) is 0 Å². The smallest absolute Gasteiger partial charge is 0.298 e. The summed E-state index contributed by atoms with van der Waals surface area (Å²) in [5.74, 6) is 0. The molecule has 2 aromatic rings. The Balaban J connectivity index is 1.94. The number of oxazole rings is 1. The monoisotopic (exact) mass is 276 g/mol. The topological polar surface area (TPSA) is 98.4 Å². The van der Waals surface area contributed by atoms with Gasteiger partial charge in [0.2, 0.25) is 0 Å². The van der Waals surface area contributed by atoms with E-state index in [1.165, 1.54) is 12.1 Å². The van der Waals surface area contributed by atoms with E-state index in [4.69, 9.17) is 10.2 Å². The van der Waals surface area contributed by atoms with E-state index >= 15 is 0 Å². The molecule has 106 valence electrons. The summed E-state index contributed by atoms with van der Waals surface area (Å²) in [6, 6.07) is 5.44. The summed E-state index contributed by atoms with van der Waals surface area (Å²) in [6.45, 7) is 2.87. The molecule has 7 nitrogen and oxygen atoms in total. The minimum absolute atomic E-state index is 0.00825. The third-order valence-corrected chi connectivity index (χ3v) is 3.73. The maximum absolute atomic E-state index is 10.8. The zero-order valence-electron chi connectivity index (χ0n) is 11.2. The minimum atomic E-state index is -0.440. The molecular weight excluding hydrogens is 260 g/mol. The number of hydrogen-bond acceptors (Lipinski definition) is 6. The summed E-state index contributed by atoms with van der Waals surface area (Å²) in [7, 11) is 0. The third kappa shape index (κ3) is 2.20. The second-order valence-corrected chi connectivity index (χ2v) is 5.23. The van der Waals surface area contributed by atoms with E-state index in [1.807, 2.05) is 0 Å². The molecule has 2 unspecified atom stereocenters. The Hall–Kier alpha value is -2.15. The quantitative estimate of drug-likeness (QED) is 0.665. The van der Waals surface area contributed by atoms with Gasteiger partial charge < -0.3 is 15.1 Å². The van der Waals surface area contributed by atoms with Gasteiger partial charge in [0.1, 0.15) is 5.52 Å². The molecule has 2 heterocycles. The standard InChI is InChI=1S/C13H16N4O3/c1-8-6-9(14)4-5-16(8)13-15-11-3-2-10(17(18)19)7-12(11)20-13/h2-3,7-9H,4-6,14H2,1H3. The van der Waals surface area contributed by atoms with E-state index in [-0.39, 0.29) is 17.8 Å². The SMILES string of the molecule is CC1CC(N)CCN1c1nc2ccc([N+](=O)[O-])cc2o1. The maximum atomic E-state index is 10.8. The fourth-order valence-corrected chi connectivity index (χ4v) is 2.63. The molecule has 20 heavy (non-hydrogen) atoms. The van der Waals surface area contributed by atoms with Gasteiger partial charge in [0, 0.05) is 24.7 Å². The van der Waals surface area contributed by atoms with Gasteiger partial charge in [-0.3, -0.25) is 10.1 Å². The summed E-state index contributed by atoms with van der Waals surface area (Å²) in [5, 5.41) is 10.8. The molecule has 2 N–H and O–H groups in total. The molecule has 2 atom stereocenters. The Morgan fingerprint density at radius 1 is 1.55 bits per heavy atom. The first-order valence-electron chi connectivity index (χ1n) is 6.62. The van der Waals surface area contributed by atoms with Crippen LogP contribution in [0.3, 0.4) is 0 Å². The highest BCUT2D eigenvalue weighted by molar-refractivity contribution is 5.77. The normalized spacial score (nSPS) is 23.2. The van der Waals surface area contributed by atoms with Gasteiger partial charge in [-0.25, -0.2) is 0 Å². The lowest BCUT2D eigenvalue weighted by atomic mass is 10.00. The van der Waals surface area contributed by atoms with Crippen LogP contribution in [-0.2, 0) is 0 Å². The van der Waals surface area contributed by atoms with Crippen molar-refractivity contribution in [2.24, 2.45) is 5.73 Å². The van der Waals surface area contributed by atoms with Gasteiger partial charge in [-0.15, -0.1) is 0 Å².